The van der Waals surface area contributed by atoms with Gasteiger partial charge in [0, 0.05) is 19.8 Å². The highest BCUT2D eigenvalue weighted by Crippen LogP contribution is 2.26. The van der Waals surface area contributed by atoms with Crippen molar-refractivity contribution in [3.05, 3.63) is 53.8 Å². The molecule has 134 valence electrons. The van der Waals surface area contributed by atoms with Crippen LogP contribution in [0.5, 0.6) is 5.75 Å². The van der Waals surface area contributed by atoms with Crippen LogP contribution in [0.4, 0.5) is 10.1 Å². The highest BCUT2D eigenvalue weighted by Gasteiger charge is 2.20. The molecule has 1 N–H and O–H groups in total. The van der Waals surface area contributed by atoms with Crippen molar-refractivity contribution in [1.29, 1.82) is 0 Å². The van der Waals surface area contributed by atoms with Crippen LogP contribution in [-0.4, -0.2) is 40.4 Å². The minimum Gasteiger partial charge on any atom is -0.495 e. The summed E-state index contributed by atoms with van der Waals surface area (Å²) in [5, 5.41) is 0. The van der Waals surface area contributed by atoms with Gasteiger partial charge >= 0.3 is 0 Å². The molecule has 0 aliphatic rings. The lowest BCUT2D eigenvalue weighted by Crippen LogP contribution is -2.23. The Morgan fingerprint density at radius 2 is 1.80 bits per heavy atom. The number of hydrogen-bond acceptors (Lipinski definition) is 4. The maximum atomic E-state index is 13.4. The molecular weight excluding hydrogens is 347 g/mol. The zero-order valence-corrected chi connectivity index (χ0v) is 14.9. The van der Waals surface area contributed by atoms with E-state index in [1.807, 2.05) is 0 Å². The second kappa shape index (κ2) is 7.52. The molecule has 25 heavy (non-hydrogen) atoms. The molecule has 8 heteroatoms. The standard InChI is InChI=1S/C17H19FN2O4S/c1-20(2)17(21)10-12-4-7-14(8-5-12)19-25(22,23)16-11-13(18)6-9-15(16)24-3/h4-9,11,19H,10H2,1-3H3. The molecule has 6 nitrogen and oxygen atoms in total. The highest BCUT2D eigenvalue weighted by atomic mass is 32.2. The van der Waals surface area contributed by atoms with E-state index in [1.54, 1.807) is 38.4 Å². The van der Waals surface area contributed by atoms with Crippen molar-refractivity contribution in [2.24, 2.45) is 0 Å². The number of carbonyl (C=O) groups excluding carboxylic acids is 1. The van der Waals surface area contributed by atoms with Crippen LogP contribution in [-0.2, 0) is 21.2 Å². The van der Waals surface area contributed by atoms with Crippen LogP contribution in [0, 0.1) is 5.82 Å². The Kier molecular flexibility index (Phi) is 5.63. The van der Waals surface area contributed by atoms with Gasteiger partial charge in [0.15, 0.2) is 0 Å². The molecule has 0 saturated heterocycles. The minimum atomic E-state index is -4.02. The van der Waals surface area contributed by atoms with Crippen molar-refractivity contribution in [3.8, 4) is 5.75 Å². The van der Waals surface area contributed by atoms with Crippen molar-refractivity contribution < 1.29 is 22.3 Å². The van der Waals surface area contributed by atoms with Crippen molar-refractivity contribution >= 4 is 21.6 Å². The van der Waals surface area contributed by atoms with Crippen molar-refractivity contribution in [1.82, 2.24) is 4.90 Å². The number of nitrogens with one attached hydrogen (secondary N) is 1. The molecule has 0 aromatic heterocycles. The number of likely N-dealkylation sites (N-methyl/N-ethyl adjacent to an activating group) is 1. The third-order valence-corrected chi connectivity index (χ3v) is 4.88. The Balaban J connectivity index is 2.21. The van der Waals surface area contributed by atoms with Gasteiger partial charge in [-0.25, -0.2) is 12.8 Å². The van der Waals surface area contributed by atoms with E-state index < -0.39 is 15.8 Å². The summed E-state index contributed by atoms with van der Waals surface area (Å²) >= 11 is 0. The Morgan fingerprint density at radius 3 is 2.36 bits per heavy atom. The first-order valence-electron chi connectivity index (χ1n) is 7.38. The van der Waals surface area contributed by atoms with E-state index in [2.05, 4.69) is 4.72 Å². The van der Waals surface area contributed by atoms with E-state index >= 15 is 0 Å². The van der Waals surface area contributed by atoms with Gasteiger partial charge in [-0.1, -0.05) is 12.1 Å². The molecular formula is C17H19FN2O4S. The molecule has 0 bridgehead atoms. The second-order valence-electron chi connectivity index (χ2n) is 5.56. The SMILES string of the molecule is COc1ccc(F)cc1S(=O)(=O)Nc1ccc(CC(=O)N(C)C)cc1. The monoisotopic (exact) mass is 366 g/mol. The third-order valence-electron chi connectivity index (χ3n) is 3.48. The average Bonchev–Trinajstić information content (AvgIpc) is 2.56. The van der Waals surface area contributed by atoms with E-state index in [0.717, 1.165) is 17.7 Å². The lowest BCUT2D eigenvalue weighted by molar-refractivity contribution is -0.127. The van der Waals surface area contributed by atoms with Gasteiger partial charge in [0.1, 0.15) is 16.5 Å². The number of methoxy groups -OCH3 is 1. The van der Waals surface area contributed by atoms with Crippen LogP contribution in [0.3, 0.4) is 0 Å². The van der Waals surface area contributed by atoms with Crippen molar-refractivity contribution in [3.63, 3.8) is 0 Å². The topological polar surface area (TPSA) is 75.7 Å². The minimum absolute atomic E-state index is 0.0436. The molecule has 2 aromatic rings. The summed E-state index contributed by atoms with van der Waals surface area (Å²) in [6.45, 7) is 0. The largest absolute Gasteiger partial charge is 0.495 e. The zero-order chi connectivity index (χ0) is 18.6. The van der Waals surface area contributed by atoms with Gasteiger partial charge in [-0.15, -0.1) is 0 Å². The molecule has 0 heterocycles. The van der Waals surface area contributed by atoms with E-state index in [-0.39, 0.29) is 23.0 Å². The van der Waals surface area contributed by atoms with Crippen LogP contribution >= 0.6 is 0 Å². The lowest BCUT2D eigenvalue weighted by Gasteiger charge is -2.13. The van der Waals surface area contributed by atoms with Gasteiger partial charge in [0.05, 0.1) is 13.5 Å². The molecule has 2 aromatic carbocycles. The number of hydrogen-bond donors (Lipinski definition) is 1. The number of rotatable bonds is 6. The Bertz CT molecular complexity index is 865. The summed E-state index contributed by atoms with van der Waals surface area (Å²) in [6.07, 6.45) is 0.220. The first kappa shape index (κ1) is 18.7. The fourth-order valence-electron chi connectivity index (χ4n) is 2.09. The van der Waals surface area contributed by atoms with Crippen molar-refractivity contribution in [2.75, 3.05) is 25.9 Å². The van der Waals surface area contributed by atoms with Gasteiger partial charge in [-0.05, 0) is 35.9 Å². The summed E-state index contributed by atoms with van der Waals surface area (Å²) in [6, 6.07) is 9.66. The van der Waals surface area contributed by atoms with Gasteiger partial charge in [-0.2, -0.15) is 0 Å². The summed E-state index contributed by atoms with van der Waals surface area (Å²) in [5.41, 5.74) is 1.05. The molecule has 0 spiro atoms. The molecule has 2 rings (SSSR count). The van der Waals surface area contributed by atoms with Crippen LogP contribution in [0.1, 0.15) is 5.56 Å². The average molecular weight is 366 g/mol. The Morgan fingerprint density at radius 1 is 1.16 bits per heavy atom. The van der Waals surface area contributed by atoms with E-state index in [0.29, 0.717) is 5.69 Å². The molecule has 0 atom stereocenters. The number of anilines is 1. The molecule has 0 saturated carbocycles. The van der Waals surface area contributed by atoms with Gasteiger partial charge in [-0.3, -0.25) is 9.52 Å². The normalized spacial score (nSPS) is 11.0. The molecule has 0 fully saturated rings. The van der Waals surface area contributed by atoms with E-state index in [9.17, 15) is 17.6 Å². The first-order valence-corrected chi connectivity index (χ1v) is 8.86. The summed E-state index contributed by atoms with van der Waals surface area (Å²) in [5.74, 6) is -0.696. The maximum absolute atomic E-state index is 13.4. The number of nitrogens with zero attached hydrogens (tertiary/aromatic N) is 1. The number of carbonyl (C=O) groups is 1. The molecule has 1 amide bonds. The smallest absolute Gasteiger partial charge is 0.265 e. The molecule has 0 aliphatic heterocycles. The van der Waals surface area contributed by atoms with Gasteiger partial charge in [0.25, 0.3) is 10.0 Å². The van der Waals surface area contributed by atoms with Crippen molar-refractivity contribution in [2.45, 2.75) is 11.3 Å². The molecule has 0 radical (unpaired) electrons. The number of benzene rings is 2. The van der Waals surface area contributed by atoms with Crippen LogP contribution in [0.2, 0.25) is 0 Å². The Hall–Kier alpha value is -2.61. The van der Waals surface area contributed by atoms with E-state index in [1.165, 1.54) is 18.1 Å². The number of ether oxygens (including phenoxy) is 1. The number of sulfonamides is 1. The summed E-state index contributed by atoms with van der Waals surface area (Å²) in [7, 11) is 0.618. The fourth-order valence-corrected chi connectivity index (χ4v) is 3.33. The van der Waals surface area contributed by atoms with Crippen LogP contribution in [0.25, 0.3) is 0 Å². The summed E-state index contributed by atoms with van der Waals surface area (Å²) < 4.78 is 45.7. The quantitative estimate of drug-likeness (QED) is 0.851. The van der Waals surface area contributed by atoms with Crippen LogP contribution in [0.15, 0.2) is 47.4 Å². The highest BCUT2D eigenvalue weighted by molar-refractivity contribution is 7.92. The summed E-state index contributed by atoms with van der Waals surface area (Å²) in [4.78, 5) is 12.9. The predicted octanol–water partition coefficient (Wildman–Crippen LogP) is 2.27. The second-order valence-corrected chi connectivity index (χ2v) is 7.21. The molecule has 0 aliphatic carbocycles. The number of halogens is 1. The zero-order valence-electron chi connectivity index (χ0n) is 14.1. The Labute approximate surface area is 146 Å². The predicted molar refractivity (Wildman–Crippen MR) is 92.6 cm³/mol. The third kappa shape index (κ3) is 4.69. The fraction of sp³-hybridized carbons (Fsp3) is 0.235. The first-order chi connectivity index (χ1) is 11.7. The lowest BCUT2D eigenvalue weighted by atomic mass is 10.1. The van der Waals surface area contributed by atoms with Crippen LogP contribution < -0.4 is 9.46 Å². The van der Waals surface area contributed by atoms with Gasteiger partial charge < -0.3 is 9.64 Å². The van der Waals surface area contributed by atoms with E-state index in [4.69, 9.17) is 4.74 Å². The molecule has 0 unspecified atom stereocenters. The number of amides is 1. The maximum Gasteiger partial charge on any atom is 0.265 e. The van der Waals surface area contributed by atoms with Gasteiger partial charge in [0.2, 0.25) is 5.91 Å².